The quantitative estimate of drug-likeness (QED) is 0.721. The maximum Gasteiger partial charge on any atom is 0.240 e. The standard InChI is InChI=1S/C13H21N3O3S/c1-9(8-14-3)13(17)16-11-6-5-7-12(10(11)2)20(18,19)15-4/h5-7,9,14-15H,8H2,1-4H3,(H,16,17). The van der Waals surface area contributed by atoms with Crippen molar-refractivity contribution in [2.75, 3.05) is 26.0 Å². The van der Waals surface area contributed by atoms with Gasteiger partial charge in [-0.25, -0.2) is 13.1 Å². The van der Waals surface area contributed by atoms with E-state index in [1.807, 2.05) is 0 Å². The Morgan fingerprint density at radius 2 is 1.95 bits per heavy atom. The molecule has 20 heavy (non-hydrogen) atoms. The Morgan fingerprint density at radius 3 is 2.50 bits per heavy atom. The molecule has 0 aromatic heterocycles. The number of nitrogens with one attached hydrogen (secondary N) is 3. The summed E-state index contributed by atoms with van der Waals surface area (Å²) in [4.78, 5) is 12.1. The van der Waals surface area contributed by atoms with Crippen LogP contribution in [0.2, 0.25) is 0 Å². The van der Waals surface area contributed by atoms with Crippen molar-refractivity contribution >= 4 is 21.6 Å². The van der Waals surface area contributed by atoms with Gasteiger partial charge in [-0.15, -0.1) is 0 Å². The third kappa shape index (κ3) is 3.78. The molecular formula is C13H21N3O3S. The van der Waals surface area contributed by atoms with E-state index in [-0.39, 0.29) is 16.7 Å². The van der Waals surface area contributed by atoms with Gasteiger partial charge in [0.1, 0.15) is 0 Å². The number of amides is 1. The SMILES string of the molecule is CNCC(C)C(=O)Nc1cccc(S(=O)(=O)NC)c1C. The molecule has 1 unspecified atom stereocenters. The average Bonchev–Trinajstić information content (AvgIpc) is 2.41. The average molecular weight is 299 g/mol. The van der Waals surface area contributed by atoms with Crippen molar-refractivity contribution in [1.82, 2.24) is 10.0 Å². The lowest BCUT2D eigenvalue weighted by Crippen LogP contribution is -2.29. The molecule has 0 radical (unpaired) electrons. The lowest BCUT2D eigenvalue weighted by atomic mass is 10.1. The number of hydrogen-bond donors (Lipinski definition) is 3. The van der Waals surface area contributed by atoms with E-state index in [1.54, 1.807) is 33.0 Å². The second-order valence-electron chi connectivity index (χ2n) is 4.58. The van der Waals surface area contributed by atoms with Crippen LogP contribution >= 0.6 is 0 Å². The normalized spacial score (nSPS) is 13.0. The fourth-order valence-electron chi connectivity index (χ4n) is 1.81. The van der Waals surface area contributed by atoms with E-state index < -0.39 is 10.0 Å². The predicted octanol–water partition coefficient (Wildman–Crippen LogP) is 0.697. The van der Waals surface area contributed by atoms with Gasteiger partial charge in [0.25, 0.3) is 0 Å². The Hall–Kier alpha value is -1.44. The van der Waals surface area contributed by atoms with Crippen LogP contribution in [-0.4, -0.2) is 35.0 Å². The summed E-state index contributed by atoms with van der Waals surface area (Å²) in [7, 11) is -0.402. The summed E-state index contributed by atoms with van der Waals surface area (Å²) < 4.78 is 26.0. The fraction of sp³-hybridized carbons (Fsp3) is 0.462. The van der Waals surface area contributed by atoms with Crippen molar-refractivity contribution in [3.8, 4) is 0 Å². The highest BCUT2D eigenvalue weighted by atomic mass is 32.2. The third-order valence-electron chi connectivity index (χ3n) is 3.06. The summed E-state index contributed by atoms with van der Waals surface area (Å²) >= 11 is 0. The summed E-state index contributed by atoms with van der Waals surface area (Å²) in [6.45, 7) is 4.03. The highest BCUT2D eigenvalue weighted by Crippen LogP contribution is 2.23. The van der Waals surface area contributed by atoms with Crippen LogP contribution in [0.4, 0.5) is 5.69 Å². The number of hydrogen-bond acceptors (Lipinski definition) is 4. The largest absolute Gasteiger partial charge is 0.326 e. The molecule has 0 aliphatic carbocycles. The smallest absolute Gasteiger partial charge is 0.240 e. The van der Waals surface area contributed by atoms with Crippen LogP contribution < -0.4 is 15.4 Å². The van der Waals surface area contributed by atoms with E-state index in [4.69, 9.17) is 0 Å². The zero-order valence-electron chi connectivity index (χ0n) is 12.1. The fourth-order valence-corrected chi connectivity index (χ4v) is 2.80. The van der Waals surface area contributed by atoms with Gasteiger partial charge in [0.05, 0.1) is 4.90 Å². The number of anilines is 1. The summed E-state index contributed by atoms with van der Waals surface area (Å²) in [5, 5.41) is 5.69. The Labute approximate surface area is 120 Å². The zero-order chi connectivity index (χ0) is 15.3. The second kappa shape index (κ2) is 6.83. The molecule has 0 saturated carbocycles. The topological polar surface area (TPSA) is 87.3 Å². The first-order valence-corrected chi connectivity index (χ1v) is 7.80. The van der Waals surface area contributed by atoms with Crippen molar-refractivity contribution in [2.45, 2.75) is 18.7 Å². The lowest BCUT2D eigenvalue weighted by Gasteiger charge is -2.15. The number of sulfonamides is 1. The molecule has 6 nitrogen and oxygen atoms in total. The van der Waals surface area contributed by atoms with Gasteiger partial charge in [-0.05, 0) is 38.7 Å². The Morgan fingerprint density at radius 1 is 1.30 bits per heavy atom. The van der Waals surface area contributed by atoms with Gasteiger partial charge in [0, 0.05) is 18.2 Å². The van der Waals surface area contributed by atoms with Gasteiger partial charge in [0.2, 0.25) is 15.9 Å². The minimum Gasteiger partial charge on any atom is -0.326 e. The van der Waals surface area contributed by atoms with Crippen LogP contribution in [0.1, 0.15) is 12.5 Å². The molecule has 0 bridgehead atoms. The summed E-state index contributed by atoms with van der Waals surface area (Å²) in [6, 6.07) is 4.80. The van der Waals surface area contributed by atoms with E-state index in [0.717, 1.165) is 0 Å². The zero-order valence-corrected chi connectivity index (χ0v) is 13.0. The Kier molecular flexibility index (Phi) is 5.67. The van der Waals surface area contributed by atoms with Crippen molar-refractivity contribution in [3.05, 3.63) is 23.8 Å². The first-order chi connectivity index (χ1) is 9.33. The molecule has 112 valence electrons. The van der Waals surface area contributed by atoms with E-state index in [2.05, 4.69) is 15.4 Å². The molecule has 3 N–H and O–H groups in total. The van der Waals surface area contributed by atoms with Gasteiger partial charge in [-0.2, -0.15) is 0 Å². The van der Waals surface area contributed by atoms with Gasteiger partial charge in [0.15, 0.2) is 0 Å². The Balaban J connectivity index is 3.05. The molecule has 1 aromatic rings. The lowest BCUT2D eigenvalue weighted by molar-refractivity contribution is -0.119. The number of rotatable bonds is 6. The highest BCUT2D eigenvalue weighted by Gasteiger charge is 2.18. The maximum absolute atomic E-state index is 12.0. The number of carbonyl (C=O) groups excluding carboxylic acids is 1. The van der Waals surface area contributed by atoms with E-state index in [1.165, 1.54) is 13.1 Å². The monoisotopic (exact) mass is 299 g/mol. The molecule has 7 heteroatoms. The third-order valence-corrected chi connectivity index (χ3v) is 4.62. The van der Waals surface area contributed by atoms with Crippen LogP contribution in [0, 0.1) is 12.8 Å². The minimum absolute atomic E-state index is 0.151. The van der Waals surface area contributed by atoms with Crippen molar-refractivity contribution < 1.29 is 13.2 Å². The van der Waals surface area contributed by atoms with Crippen LogP contribution in [0.3, 0.4) is 0 Å². The Bertz CT molecular complexity index is 585. The molecule has 0 fully saturated rings. The summed E-state index contributed by atoms with van der Waals surface area (Å²) in [5.41, 5.74) is 1.03. The van der Waals surface area contributed by atoms with E-state index in [0.29, 0.717) is 17.8 Å². The first kappa shape index (κ1) is 16.6. The summed E-state index contributed by atoms with van der Waals surface area (Å²) in [6.07, 6.45) is 0. The van der Waals surface area contributed by atoms with Crippen molar-refractivity contribution in [2.24, 2.45) is 5.92 Å². The summed E-state index contributed by atoms with van der Waals surface area (Å²) in [5.74, 6) is -0.356. The minimum atomic E-state index is -3.53. The number of benzene rings is 1. The predicted molar refractivity (Wildman–Crippen MR) is 79.1 cm³/mol. The molecule has 0 aliphatic heterocycles. The molecule has 0 heterocycles. The van der Waals surface area contributed by atoms with Crippen LogP contribution in [0.5, 0.6) is 0 Å². The molecule has 1 rings (SSSR count). The maximum atomic E-state index is 12.0. The van der Waals surface area contributed by atoms with Gasteiger partial charge >= 0.3 is 0 Å². The van der Waals surface area contributed by atoms with E-state index in [9.17, 15) is 13.2 Å². The van der Waals surface area contributed by atoms with Gasteiger partial charge < -0.3 is 10.6 Å². The first-order valence-electron chi connectivity index (χ1n) is 6.32. The molecule has 1 atom stereocenters. The molecule has 0 saturated heterocycles. The molecule has 0 aliphatic rings. The van der Waals surface area contributed by atoms with Gasteiger partial charge in [-0.1, -0.05) is 13.0 Å². The number of carbonyl (C=O) groups is 1. The van der Waals surface area contributed by atoms with Crippen molar-refractivity contribution in [3.63, 3.8) is 0 Å². The van der Waals surface area contributed by atoms with Crippen molar-refractivity contribution in [1.29, 1.82) is 0 Å². The van der Waals surface area contributed by atoms with Crippen LogP contribution in [-0.2, 0) is 14.8 Å². The molecule has 1 aromatic carbocycles. The van der Waals surface area contributed by atoms with Crippen LogP contribution in [0.15, 0.2) is 23.1 Å². The molecule has 0 spiro atoms. The molecule has 1 amide bonds. The van der Waals surface area contributed by atoms with Crippen LogP contribution in [0.25, 0.3) is 0 Å². The second-order valence-corrected chi connectivity index (χ2v) is 6.44. The van der Waals surface area contributed by atoms with E-state index >= 15 is 0 Å². The van der Waals surface area contributed by atoms with Gasteiger partial charge in [-0.3, -0.25) is 4.79 Å². The highest BCUT2D eigenvalue weighted by molar-refractivity contribution is 7.89. The molecular weight excluding hydrogens is 278 g/mol.